The maximum atomic E-state index is 12.2. The first kappa shape index (κ1) is 16.1. The van der Waals surface area contributed by atoms with E-state index in [0.717, 1.165) is 5.69 Å². The third-order valence-electron chi connectivity index (χ3n) is 3.46. The van der Waals surface area contributed by atoms with Crippen molar-refractivity contribution in [3.05, 3.63) is 53.9 Å². The smallest absolute Gasteiger partial charge is 0.255 e. The van der Waals surface area contributed by atoms with Gasteiger partial charge in [0.25, 0.3) is 5.91 Å². The number of rotatable bonds is 7. The molecular formula is C17H22N2O3. The van der Waals surface area contributed by atoms with Gasteiger partial charge in [-0.3, -0.25) is 4.79 Å². The molecule has 0 bridgehead atoms. The minimum Gasteiger partial charge on any atom is -0.493 e. The molecule has 1 aromatic heterocycles. The summed E-state index contributed by atoms with van der Waals surface area (Å²) in [7, 11) is 1.88. The molecule has 2 N–H and O–H groups in total. The second kappa shape index (κ2) is 7.66. The molecule has 1 atom stereocenters. The Hall–Kier alpha value is -2.27. The van der Waals surface area contributed by atoms with Gasteiger partial charge in [-0.05, 0) is 37.6 Å². The number of aryl methyl sites for hydroxylation is 1. The molecule has 5 heteroatoms. The Morgan fingerprint density at radius 2 is 2.09 bits per heavy atom. The lowest BCUT2D eigenvalue weighted by Crippen LogP contribution is -2.26. The molecule has 1 amide bonds. The van der Waals surface area contributed by atoms with E-state index in [1.165, 1.54) is 0 Å². The summed E-state index contributed by atoms with van der Waals surface area (Å²) >= 11 is 0. The minimum atomic E-state index is -0.595. The Kier molecular flexibility index (Phi) is 5.61. The molecule has 0 aliphatic rings. The van der Waals surface area contributed by atoms with Crippen LogP contribution in [-0.2, 0) is 7.05 Å². The molecular weight excluding hydrogens is 280 g/mol. The molecule has 0 fully saturated rings. The molecule has 0 aliphatic carbocycles. The van der Waals surface area contributed by atoms with Crippen LogP contribution in [-0.4, -0.2) is 28.7 Å². The predicted octanol–water partition coefficient (Wildman–Crippen LogP) is 2.28. The molecule has 0 radical (unpaired) electrons. The summed E-state index contributed by atoms with van der Waals surface area (Å²) in [6.07, 6.45) is 1.75. The van der Waals surface area contributed by atoms with E-state index in [1.807, 2.05) is 42.9 Å². The van der Waals surface area contributed by atoms with Crippen LogP contribution in [0.2, 0.25) is 0 Å². The number of para-hydroxylation sites is 1. The van der Waals surface area contributed by atoms with E-state index >= 15 is 0 Å². The van der Waals surface area contributed by atoms with E-state index < -0.39 is 6.10 Å². The van der Waals surface area contributed by atoms with Gasteiger partial charge in [-0.2, -0.15) is 0 Å². The van der Waals surface area contributed by atoms with Crippen LogP contribution >= 0.6 is 0 Å². The van der Waals surface area contributed by atoms with Crippen molar-refractivity contribution in [1.29, 1.82) is 0 Å². The largest absolute Gasteiger partial charge is 0.493 e. The predicted molar refractivity (Wildman–Crippen MR) is 84.9 cm³/mol. The zero-order chi connectivity index (χ0) is 15.9. The van der Waals surface area contributed by atoms with E-state index in [9.17, 15) is 9.90 Å². The molecule has 1 heterocycles. The minimum absolute atomic E-state index is 0.192. The van der Waals surface area contributed by atoms with Crippen molar-refractivity contribution >= 4 is 5.91 Å². The number of amides is 1. The zero-order valence-corrected chi connectivity index (χ0v) is 13.0. The first-order valence-corrected chi connectivity index (χ1v) is 7.42. The van der Waals surface area contributed by atoms with Crippen molar-refractivity contribution < 1.29 is 14.6 Å². The molecule has 0 saturated carbocycles. The number of ether oxygens (including phenoxy) is 1. The van der Waals surface area contributed by atoms with Gasteiger partial charge in [-0.1, -0.05) is 12.1 Å². The quantitative estimate of drug-likeness (QED) is 0.825. The summed E-state index contributed by atoms with van der Waals surface area (Å²) in [6, 6.07) is 10.9. The van der Waals surface area contributed by atoms with Gasteiger partial charge in [0.05, 0.1) is 18.3 Å². The molecule has 0 spiro atoms. The molecule has 5 nitrogen and oxygen atoms in total. The van der Waals surface area contributed by atoms with E-state index in [0.29, 0.717) is 30.9 Å². The number of aromatic nitrogens is 1. The van der Waals surface area contributed by atoms with Gasteiger partial charge in [-0.15, -0.1) is 0 Å². The second-order valence-corrected chi connectivity index (χ2v) is 5.03. The molecule has 2 aromatic rings. The highest BCUT2D eigenvalue weighted by atomic mass is 16.5. The van der Waals surface area contributed by atoms with E-state index in [1.54, 1.807) is 18.2 Å². The number of aliphatic hydroxyl groups is 1. The van der Waals surface area contributed by atoms with Gasteiger partial charge in [0.15, 0.2) is 0 Å². The number of hydrogen-bond acceptors (Lipinski definition) is 3. The number of hydrogen-bond donors (Lipinski definition) is 2. The van der Waals surface area contributed by atoms with Crippen LogP contribution < -0.4 is 10.1 Å². The van der Waals surface area contributed by atoms with Crippen LogP contribution in [0, 0.1) is 0 Å². The highest BCUT2D eigenvalue weighted by Crippen LogP contribution is 2.18. The fourth-order valence-corrected chi connectivity index (χ4v) is 2.32. The van der Waals surface area contributed by atoms with E-state index in [4.69, 9.17) is 4.74 Å². The summed E-state index contributed by atoms with van der Waals surface area (Å²) in [5.74, 6) is 0.383. The normalized spacial score (nSPS) is 12.0. The van der Waals surface area contributed by atoms with Crippen LogP contribution in [0.5, 0.6) is 5.75 Å². The molecule has 1 aromatic carbocycles. The van der Waals surface area contributed by atoms with E-state index in [2.05, 4.69) is 5.32 Å². The van der Waals surface area contributed by atoms with Crippen molar-refractivity contribution in [1.82, 2.24) is 9.88 Å². The third-order valence-corrected chi connectivity index (χ3v) is 3.46. The number of carbonyl (C=O) groups is 1. The maximum Gasteiger partial charge on any atom is 0.255 e. The number of carbonyl (C=O) groups excluding carboxylic acids is 1. The molecule has 22 heavy (non-hydrogen) atoms. The van der Waals surface area contributed by atoms with Gasteiger partial charge in [-0.25, -0.2) is 0 Å². The Morgan fingerprint density at radius 1 is 1.32 bits per heavy atom. The van der Waals surface area contributed by atoms with Crippen molar-refractivity contribution in [3.63, 3.8) is 0 Å². The van der Waals surface area contributed by atoms with Crippen molar-refractivity contribution in [3.8, 4) is 5.75 Å². The first-order valence-electron chi connectivity index (χ1n) is 7.42. The first-order chi connectivity index (χ1) is 10.6. The van der Waals surface area contributed by atoms with Crippen LogP contribution in [0.3, 0.4) is 0 Å². The van der Waals surface area contributed by atoms with Crippen LogP contribution in [0.25, 0.3) is 0 Å². The molecule has 0 aliphatic heterocycles. The average molecular weight is 302 g/mol. The van der Waals surface area contributed by atoms with E-state index in [-0.39, 0.29) is 5.91 Å². The number of aliphatic hydroxyl groups excluding tert-OH is 1. The lowest BCUT2D eigenvalue weighted by atomic mass is 10.1. The Morgan fingerprint density at radius 3 is 2.77 bits per heavy atom. The Balaban J connectivity index is 1.89. The Bertz CT molecular complexity index is 622. The van der Waals surface area contributed by atoms with Crippen LogP contribution in [0.15, 0.2) is 42.6 Å². The SMILES string of the molecule is CCOc1ccccc1C(=O)NCCC(O)c1cccn1C. The summed E-state index contributed by atoms with van der Waals surface area (Å²) in [5.41, 5.74) is 1.35. The lowest BCUT2D eigenvalue weighted by molar-refractivity contribution is 0.0937. The number of nitrogens with zero attached hydrogens (tertiary/aromatic N) is 1. The topological polar surface area (TPSA) is 63.5 Å². The third kappa shape index (κ3) is 3.89. The number of benzene rings is 1. The summed E-state index contributed by atoms with van der Waals surface area (Å²) < 4.78 is 7.32. The molecule has 2 rings (SSSR count). The van der Waals surface area contributed by atoms with Crippen molar-refractivity contribution in [2.24, 2.45) is 7.05 Å². The van der Waals surface area contributed by atoms with Crippen LogP contribution in [0.4, 0.5) is 0 Å². The molecule has 1 unspecified atom stereocenters. The standard InChI is InChI=1S/C17H22N2O3/c1-3-22-16-9-5-4-7-13(16)17(21)18-11-10-15(20)14-8-6-12-19(14)2/h4-9,12,15,20H,3,10-11H2,1-2H3,(H,18,21). The maximum absolute atomic E-state index is 12.2. The van der Waals surface area contributed by atoms with Gasteiger partial charge < -0.3 is 19.7 Å². The van der Waals surface area contributed by atoms with Crippen molar-refractivity contribution in [2.75, 3.05) is 13.2 Å². The second-order valence-electron chi connectivity index (χ2n) is 5.03. The zero-order valence-electron chi connectivity index (χ0n) is 13.0. The Labute approximate surface area is 130 Å². The average Bonchev–Trinajstić information content (AvgIpc) is 2.94. The van der Waals surface area contributed by atoms with Gasteiger partial charge in [0.2, 0.25) is 0 Å². The fourth-order valence-electron chi connectivity index (χ4n) is 2.32. The van der Waals surface area contributed by atoms with Crippen LogP contribution in [0.1, 0.15) is 35.5 Å². The van der Waals surface area contributed by atoms with Gasteiger partial charge in [0.1, 0.15) is 5.75 Å². The monoisotopic (exact) mass is 302 g/mol. The summed E-state index contributed by atoms with van der Waals surface area (Å²) in [5, 5.41) is 12.9. The fraction of sp³-hybridized carbons (Fsp3) is 0.353. The highest BCUT2D eigenvalue weighted by molar-refractivity contribution is 5.96. The number of nitrogens with one attached hydrogen (secondary N) is 1. The lowest BCUT2D eigenvalue weighted by Gasteiger charge is -2.13. The van der Waals surface area contributed by atoms with Gasteiger partial charge >= 0.3 is 0 Å². The summed E-state index contributed by atoms with van der Waals surface area (Å²) in [4.78, 5) is 12.2. The molecule has 0 saturated heterocycles. The summed E-state index contributed by atoms with van der Waals surface area (Å²) in [6.45, 7) is 2.78. The van der Waals surface area contributed by atoms with Gasteiger partial charge in [0, 0.05) is 25.5 Å². The van der Waals surface area contributed by atoms with Crippen molar-refractivity contribution in [2.45, 2.75) is 19.4 Å². The molecule has 118 valence electrons. The highest BCUT2D eigenvalue weighted by Gasteiger charge is 2.14.